The molecular formula is C28H44BrN4O6+. The molecule has 0 fully saturated rings. The standard InChI is InChI=1S/C28H44N4O6.BrH/c1-5-31(6-2,23-25-9-13-27(14-10-25)29(33)34)17-19-37-21-22-38-20-18-32(7-3,8-4)24-26-11-15-28(16-12-26)30(35)36;/h9-16H,5-8,17-24H2,1-4H3;1H/q+2;/p-1. The van der Waals surface area contributed by atoms with Crippen LogP contribution in [0.5, 0.6) is 0 Å². The Morgan fingerprint density at radius 3 is 1.15 bits per heavy atom. The number of hydrogen-bond acceptors (Lipinski definition) is 6. The van der Waals surface area contributed by atoms with Crippen LogP contribution in [-0.4, -0.2) is 84.5 Å². The van der Waals surface area contributed by atoms with Crippen molar-refractivity contribution in [2.45, 2.75) is 40.8 Å². The molecule has 0 heterocycles. The molecule has 2 aromatic carbocycles. The number of rotatable bonds is 19. The van der Waals surface area contributed by atoms with Crippen molar-refractivity contribution < 1.29 is 45.3 Å². The normalized spacial score (nSPS) is 11.7. The van der Waals surface area contributed by atoms with Gasteiger partial charge in [-0.1, -0.05) is 0 Å². The third-order valence-corrected chi connectivity index (χ3v) is 7.81. The Bertz CT molecular complexity index is 915. The van der Waals surface area contributed by atoms with Crippen LogP contribution in [0.4, 0.5) is 11.4 Å². The van der Waals surface area contributed by atoms with Crippen LogP contribution in [0.3, 0.4) is 0 Å². The summed E-state index contributed by atoms with van der Waals surface area (Å²) < 4.78 is 13.5. The minimum Gasteiger partial charge on any atom is -1.00 e. The second-order valence-electron chi connectivity index (χ2n) is 9.78. The zero-order valence-corrected chi connectivity index (χ0v) is 25.3. The van der Waals surface area contributed by atoms with Crippen molar-refractivity contribution in [3.8, 4) is 0 Å². The van der Waals surface area contributed by atoms with E-state index in [-0.39, 0.29) is 38.2 Å². The SMILES string of the molecule is CC[N+](CC)(CCOCCOCC[N+](CC)(CC)Cc1ccc([N+](=O)[O-])cc1)Cc1ccc([N+](=O)[O-])cc1.[Br-]. The molecule has 218 valence electrons. The van der Waals surface area contributed by atoms with Gasteiger partial charge in [0.15, 0.2) is 0 Å². The largest absolute Gasteiger partial charge is 1.00 e. The fraction of sp³-hybridized carbons (Fsp3) is 0.571. The molecule has 0 unspecified atom stereocenters. The fourth-order valence-corrected chi connectivity index (χ4v) is 4.74. The number of non-ortho nitro benzene ring substituents is 2. The van der Waals surface area contributed by atoms with E-state index in [0.717, 1.165) is 72.5 Å². The Balaban J connectivity index is 0.00000760. The lowest BCUT2D eigenvalue weighted by atomic mass is 10.1. The van der Waals surface area contributed by atoms with Gasteiger partial charge in [-0.15, -0.1) is 0 Å². The molecule has 2 rings (SSSR count). The zero-order valence-electron chi connectivity index (χ0n) is 23.7. The summed E-state index contributed by atoms with van der Waals surface area (Å²) in [5, 5.41) is 21.8. The fourth-order valence-electron chi connectivity index (χ4n) is 4.74. The molecule has 0 aliphatic heterocycles. The average molecular weight is 613 g/mol. The van der Waals surface area contributed by atoms with Crippen molar-refractivity contribution in [2.75, 3.05) is 65.7 Å². The molecule has 0 aromatic heterocycles. The minimum absolute atomic E-state index is 0. The van der Waals surface area contributed by atoms with Gasteiger partial charge in [0.1, 0.15) is 26.2 Å². The van der Waals surface area contributed by atoms with E-state index in [1.165, 1.54) is 0 Å². The zero-order chi connectivity index (χ0) is 28.0. The van der Waals surface area contributed by atoms with Gasteiger partial charge < -0.3 is 35.4 Å². The summed E-state index contributed by atoms with van der Waals surface area (Å²) in [5.41, 5.74) is 2.40. The number of quaternary nitrogens is 2. The Labute approximate surface area is 242 Å². The van der Waals surface area contributed by atoms with Crippen LogP contribution in [0.15, 0.2) is 48.5 Å². The van der Waals surface area contributed by atoms with Crippen LogP contribution in [0.1, 0.15) is 38.8 Å². The molecule has 0 saturated heterocycles. The van der Waals surface area contributed by atoms with Gasteiger partial charge in [0.05, 0.1) is 62.5 Å². The van der Waals surface area contributed by atoms with Gasteiger partial charge in [0.2, 0.25) is 0 Å². The summed E-state index contributed by atoms with van der Waals surface area (Å²) >= 11 is 0. The van der Waals surface area contributed by atoms with Crippen LogP contribution in [0.25, 0.3) is 0 Å². The van der Waals surface area contributed by atoms with Gasteiger partial charge in [0.25, 0.3) is 11.4 Å². The molecule has 0 spiro atoms. The quantitative estimate of drug-likeness (QED) is 0.104. The van der Waals surface area contributed by atoms with Gasteiger partial charge in [-0.3, -0.25) is 20.2 Å². The van der Waals surface area contributed by atoms with Crippen molar-refractivity contribution in [2.24, 2.45) is 0 Å². The van der Waals surface area contributed by atoms with E-state index in [1.54, 1.807) is 24.3 Å². The molecule has 0 amide bonds. The van der Waals surface area contributed by atoms with Crippen LogP contribution in [0, 0.1) is 20.2 Å². The highest BCUT2D eigenvalue weighted by atomic mass is 79.9. The topological polar surface area (TPSA) is 105 Å². The maximum absolute atomic E-state index is 10.9. The first-order valence-corrected chi connectivity index (χ1v) is 13.5. The van der Waals surface area contributed by atoms with Crippen LogP contribution in [-0.2, 0) is 22.6 Å². The molecule has 0 N–H and O–H groups in total. The van der Waals surface area contributed by atoms with Gasteiger partial charge in [-0.25, -0.2) is 0 Å². The third-order valence-electron chi connectivity index (χ3n) is 7.81. The van der Waals surface area contributed by atoms with Crippen LogP contribution < -0.4 is 17.0 Å². The first kappa shape index (κ1) is 34.6. The first-order chi connectivity index (χ1) is 18.2. The maximum Gasteiger partial charge on any atom is 0.269 e. The summed E-state index contributed by atoms with van der Waals surface area (Å²) in [7, 11) is 0. The summed E-state index contributed by atoms with van der Waals surface area (Å²) in [6.07, 6.45) is 0. The Morgan fingerprint density at radius 2 is 0.897 bits per heavy atom. The highest BCUT2D eigenvalue weighted by Crippen LogP contribution is 2.19. The van der Waals surface area contributed by atoms with Gasteiger partial charge in [-0.05, 0) is 52.0 Å². The number of nitro groups is 2. The molecular weight excluding hydrogens is 568 g/mol. The average Bonchev–Trinajstić information content (AvgIpc) is 2.93. The first-order valence-electron chi connectivity index (χ1n) is 13.5. The van der Waals surface area contributed by atoms with Crippen molar-refractivity contribution in [1.82, 2.24) is 0 Å². The van der Waals surface area contributed by atoms with Crippen molar-refractivity contribution in [3.05, 3.63) is 79.9 Å². The Morgan fingerprint density at radius 1 is 0.590 bits per heavy atom. The number of nitrogens with zero attached hydrogens (tertiary/aromatic N) is 4. The molecule has 0 saturated carbocycles. The molecule has 0 bridgehead atoms. The van der Waals surface area contributed by atoms with E-state index >= 15 is 0 Å². The number of halogens is 1. The summed E-state index contributed by atoms with van der Waals surface area (Å²) in [6, 6.07) is 13.7. The second-order valence-corrected chi connectivity index (χ2v) is 9.78. The van der Waals surface area contributed by atoms with E-state index in [1.807, 2.05) is 24.3 Å². The summed E-state index contributed by atoms with van der Waals surface area (Å²) in [6.45, 7) is 18.2. The van der Waals surface area contributed by atoms with Gasteiger partial charge >= 0.3 is 0 Å². The highest BCUT2D eigenvalue weighted by molar-refractivity contribution is 5.33. The van der Waals surface area contributed by atoms with E-state index in [2.05, 4.69) is 27.7 Å². The summed E-state index contributed by atoms with van der Waals surface area (Å²) in [4.78, 5) is 21.1. The number of likely N-dealkylation sites (N-methyl/N-ethyl adjacent to an activating group) is 2. The number of hydrogen-bond donors (Lipinski definition) is 0. The summed E-state index contributed by atoms with van der Waals surface area (Å²) in [5.74, 6) is 0. The van der Waals surface area contributed by atoms with Crippen molar-refractivity contribution in [3.63, 3.8) is 0 Å². The second kappa shape index (κ2) is 17.3. The molecule has 0 atom stereocenters. The Kier molecular flexibility index (Phi) is 15.3. The molecule has 2 aromatic rings. The monoisotopic (exact) mass is 611 g/mol. The lowest BCUT2D eigenvalue weighted by molar-refractivity contribution is -0.938. The van der Waals surface area contributed by atoms with Crippen molar-refractivity contribution >= 4 is 11.4 Å². The van der Waals surface area contributed by atoms with Gasteiger partial charge in [0, 0.05) is 35.4 Å². The predicted octanol–water partition coefficient (Wildman–Crippen LogP) is 1.95. The molecule has 11 heteroatoms. The Hall–Kier alpha value is -2.44. The van der Waals surface area contributed by atoms with E-state index < -0.39 is 0 Å². The number of benzene rings is 2. The molecule has 10 nitrogen and oxygen atoms in total. The molecule has 0 aliphatic carbocycles. The lowest BCUT2D eigenvalue weighted by Crippen LogP contribution is -3.00. The lowest BCUT2D eigenvalue weighted by Gasteiger charge is -2.37. The van der Waals surface area contributed by atoms with Gasteiger partial charge in [-0.2, -0.15) is 0 Å². The smallest absolute Gasteiger partial charge is 0.269 e. The molecule has 0 radical (unpaired) electrons. The van der Waals surface area contributed by atoms with Crippen LogP contribution >= 0.6 is 0 Å². The van der Waals surface area contributed by atoms with Crippen LogP contribution in [0.2, 0.25) is 0 Å². The molecule has 39 heavy (non-hydrogen) atoms. The van der Waals surface area contributed by atoms with Crippen molar-refractivity contribution in [1.29, 1.82) is 0 Å². The van der Waals surface area contributed by atoms with E-state index in [4.69, 9.17) is 9.47 Å². The maximum atomic E-state index is 10.9. The molecule has 0 aliphatic rings. The third kappa shape index (κ3) is 10.9. The number of nitro benzene ring substituents is 2. The highest BCUT2D eigenvalue weighted by Gasteiger charge is 2.25. The predicted molar refractivity (Wildman–Crippen MR) is 148 cm³/mol. The van der Waals surface area contributed by atoms with E-state index in [0.29, 0.717) is 26.4 Å². The van der Waals surface area contributed by atoms with E-state index in [9.17, 15) is 20.2 Å². The minimum atomic E-state index is -0.371. The number of ether oxygens (including phenoxy) is 2.